The standard InChI is InChI=1S/C22H35ClN5O6P/c1-3-31-13-22(35(29)30,14-32-4-2)33-12-16-9-10-18(34-16)28-20-17(11-24-28)19(26-21(23)27-20)25-15-7-5-6-8-15/h11,15-16,18,29-30H,3-10,12-14H2,1-2H3,(H,25,26,27). The van der Waals surface area contributed by atoms with Crippen LogP contribution >= 0.6 is 20.0 Å². The van der Waals surface area contributed by atoms with Gasteiger partial charge in [-0.25, -0.2) is 4.68 Å². The van der Waals surface area contributed by atoms with Crippen LogP contribution in [0.2, 0.25) is 5.28 Å². The van der Waals surface area contributed by atoms with Crippen LogP contribution in [0.15, 0.2) is 6.20 Å². The van der Waals surface area contributed by atoms with E-state index in [0.29, 0.717) is 43.6 Å². The second kappa shape index (κ2) is 12.4. The summed E-state index contributed by atoms with van der Waals surface area (Å²) in [5.74, 6) is 0.701. The molecule has 2 aromatic heterocycles. The van der Waals surface area contributed by atoms with E-state index < -0.39 is 13.7 Å². The number of halogens is 1. The highest BCUT2D eigenvalue weighted by atomic mass is 35.5. The van der Waals surface area contributed by atoms with Gasteiger partial charge in [0.1, 0.15) is 5.82 Å². The highest BCUT2D eigenvalue weighted by molar-refractivity contribution is 7.46. The minimum absolute atomic E-state index is 0.0222. The second-order valence-electron chi connectivity index (χ2n) is 8.90. The number of nitrogens with one attached hydrogen (secondary N) is 1. The van der Waals surface area contributed by atoms with Gasteiger partial charge in [0, 0.05) is 19.3 Å². The summed E-state index contributed by atoms with van der Waals surface area (Å²) >= 11 is 6.25. The molecule has 0 bridgehead atoms. The van der Waals surface area contributed by atoms with Gasteiger partial charge in [-0.3, -0.25) is 0 Å². The normalized spacial score (nSPS) is 21.5. The Labute approximate surface area is 211 Å². The third-order valence-corrected chi connectivity index (χ3v) is 7.73. The molecule has 2 atom stereocenters. The smallest absolute Gasteiger partial charge is 0.226 e. The van der Waals surface area contributed by atoms with Crippen LogP contribution in [0.1, 0.15) is 58.6 Å². The van der Waals surface area contributed by atoms with Crippen LogP contribution in [0.5, 0.6) is 0 Å². The molecule has 35 heavy (non-hydrogen) atoms. The maximum Gasteiger partial charge on any atom is 0.226 e. The second-order valence-corrected chi connectivity index (χ2v) is 10.6. The van der Waals surface area contributed by atoms with Crippen LogP contribution in [0, 0.1) is 0 Å². The summed E-state index contributed by atoms with van der Waals surface area (Å²) in [6.07, 6.45) is 7.21. The molecule has 2 fully saturated rings. The average molecular weight is 532 g/mol. The number of hydrogen-bond donors (Lipinski definition) is 3. The van der Waals surface area contributed by atoms with E-state index in [4.69, 9.17) is 30.5 Å². The van der Waals surface area contributed by atoms with Gasteiger partial charge in [-0.05, 0) is 51.1 Å². The van der Waals surface area contributed by atoms with Crippen molar-refractivity contribution in [3.63, 3.8) is 0 Å². The molecule has 2 unspecified atom stereocenters. The molecule has 4 rings (SSSR count). The molecule has 2 aromatic rings. The fraction of sp³-hybridized carbons (Fsp3) is 0.773. The van der Waals surface area contributed by atoms with Crippen molar-refractivity contribution in [2.24, 2.45) is 0 Å². The van der Waals surface area contributed by atoms with Crippen molar-refractivity contribution < 1.29 is 28.7 Å². The minimum Gasteiger partial charge on any atom is -0.378 e. The molecule has 11 nitrogen and oxygen atoms in total. The van der Waals surface area contributed by atoms with Gasteiger partial charge in [0.05, 0.1) is 37.5 Å². The zero-order valence-electron chi connectivity index (χ0n) is 20.2. The van der Waals surface area contributed by atoms with Gasteiger partial charge in [0.2, 0.25) is 13.7 Å². The highest BCUT2D eigenvalue weighted by Crippen LogP contribution is 2.44. The lowest BCUT2D eigenvalue weighted by Gasteiger charge is -2.34. The first-order valence-corrected chi connectivity index (χ1v) is 13.9. The summed E-state index contributed by atoms with van der Waals surface area (Å²) < 4.78 is 24.9. The van der Waals surface area contributed by atoms with Crippen molar-refractivity contribution in [1.29, 1.82) is 0 Å². The Morgan fingerprint density at radius 1 is 1.14 bits per heavy atom. The first kappa shape index (κ1) is 26.9. The van der Waals surface area contributed by atoms with E-state index in [2.05, 4.69) is 20.4 Å². The van der Waals surface area contributed by atoms with E-state index in [1.807, 2.05) is 13.8 Å². The molecular formula is C22H35ClN5O6P. The van der Waals surface area contributed by atoms with Gasteiger partial charge in [-0.1, -0.05) is 12.8 Å². The van der Waals surface area contributed by atoms with E-state index in [0.717, 1.165) is 18.2 Å². The van der Waals surface area contributed by atoms with Gasteiger partial charge < -0.3 is 34.1 Å². The monoisotopic (exact) mass is 531 g/mol. The predicted molar refractivity (Wildman–Crippen MR) is 132 cm³/mol. The van der Waals surface area contributed by atoms with Gasteiger partial charge in [-0.15, -0.1) is 0 Å². The lowest BCUT2D eigenvalue weighted by Crippen LogP contribution is -2.43. The van der Waals surface area contributed by atoms with Crippen molar-refractivity contribution in [2.45, 2.75) is 76.1 Å². The molecule has 0 aromatic carbocycles. The van der Waals surface area contributed by atoms with Gasteiger partial charge >= 0.3 is 0 Å². The van der Waals surface area contributed by atoms with Crippen LogP contribution in [-0.2, 0) is 18.9 Å². The third kappa shape index (κ3) is 6.40. The maximum absolute atomic E-state index is 10.1. The van der Waals surface area contributed by atoms with Gasteiger partial charge in [-0.2, -0.15) is 15.1 Å². The molecule has 196 valence electrons. The van der Waals surface area contributed by atoms with Gasteiger partial charge in [0.25, 0.3) is 0 Å². The maximum atomic E-state index is 10.1. The van der Waals surface area contributed by atoms with Crippen molar-refractivity contribution >= 4 is 36.8 Å². The molecule has 1 saturated carbocycles. The summed E-state index contributed by atoms with van der Waals surface area (Å²) in [5, 5.41) is 7.68. The number of aromatic nitrogens is 4. The lowest BCUT2D eigenvalue weighted by atomic mass is 10.2. The number of anilines is 1. The number of hydrogen-bond acceptors (Lipinski definition) is 10. The Morgan fingerprint density at radius 2 is 1.86 bits per heavy atom. The fourth-order valence-electron chi connectivity index (χ4n) is 4.54. The zero-order chi connectivity index (χ0) is 24.8. The number of ether oxygens (including phenoxy) is 4. The largest absolute Gasteiger partial charge is 0.378 e. The van der Waals surface area contributed by atoms with Crippen molar-refractivity contribution in [2.75, 3.05) is 38.4 Å². The SMILES string of the molecule is CCOCC(COCC)(OCC1CCC(n2ncc3c(NC4CCCC4)nc(Cl)nc32)O1)P(O)O. The minimum atomic E-state index is -2.46. The average Bonchev–Trinajstić information content (AvgIpc) is 3.59. The molecular weight excluding hydrogens is 497 g/mol. The molecule has 1 saturated heterocycles. The first-order valence-electron chi connectivity index (χ1n) is 12.3. The third-order valence-electron chi connectivity index (χ3n) is 6.45. The summed E-state index contributed by atoms with van der Waals surface area (Å²) in [4.78, 5) is 29.0. The molecule has 0 spiro atoms. The predicted octanol–water partition coefficient (Wildman–Crippen LogP) is 3.59. The summed E-state index contributed by atoms with van der Waals surface area (Å²) in [5.41, 5.74) is 0.619. The van der Waals surface area contributed by atoms with E-state index >= 15 is 0 Å². The summed E-state index contributed by atoms with van der Waals surface area (Å²) in [6.45, 7) is 4.74. The molecule has 1 aliphatic carbocycles. The summed E-state index contributed by atoms with van der Waals surface area (Å²) in [7, 11) is -2.46. The molecule has 3 heterocycles. The Morgan fingerprint density at radius 3 is 2.51 bits per heavy atom. The van der Waals surface area contributed by atoms with Crippen LogP contribution in [0.25, 0.3) is 11.0 Å². The van der Waals surface area contributed by atoms with E-state index in [1.54, 1.807) is 10.9 Å². The molecule has 1 aliphatic heterocycles. The topological polar surface area (TPSA) is 133 Å². The highest BCUT2D eigenvalue weighted by Gasteiger charge is 2.42. The van der Waals surface area contributed by atoms with Crippen LogP contribution < -0.4 is 5.32 Å². The molecule has 3 N–H and O–H groups in total. The first-order chi connectivity index (χ1) is 17.0. The van der Waals surface area contributed by atoms with Crippen molar-refractivity contribution in [3.8, 4) is 0 Å². The van der Waals surface area contributed by atoms with Crippen molar-refractivity contribution in [3.05, 3.63) is 11.5 Å². The number of nitrogens with zero attached hydrogens (tertiary/aromatic N) is 4. The molecule has 2 aliphatic rings. The zero-order valence-corrected chi connectivity index (χ0v) is 21.9. The molecule has 0 amide bonds. The Balaban J connectivity index is 1.44. The Kier molecular flexibility index (Phi) is 9.51. The van der Waals surface area contributed by atoms with Crippen molar-refractivity contribution in [1.82, 2.24) is 19.7 Å². The van der Waals surface area contributed by atoms with E-state index in [9.17, 15) is 9.79 Å². The van der Waals surface area contributed by atoms with E-state index in [-0.39, 0.29) is 37.4 Å². The molecule has 0 radical (unpaired) electrons. The van der Waals surface area contributed by atoms with E-state index in [1.165, 1.54) is 12.8 Å². The fourth-order valence-corrected chi connectivity index (χ4v) is 5.31. The lowest BCUT2D eigenvalue weighted by molar-refractivity contribution is -0.122. The Bertz CT molecular complexity index is 952. The molecule has 13 heteroatoms. The number of rotatable bonds is 13. The Hall–Kier alpha value is -1.17. The van der Waals surface area contributed by atoms with Crippen LogP contribution in [-0.4, -0.2) is 80.1 Å². The summed E-state index contributed by atoms with van der Waals surface area (Å²) in [6, 6.07) is 0.383. The quantitative estimate of drug-likeness (QED) is 0.260. The van der Waals surface area contributed by atoms with Gasteiger partial charge in [0.15, 0.2) is 17.2 Å². The van der Waals surface area contributed by atoms with Crippen LogP contribution in [0.3, 0.4) is 0 Å². The van der Waals surface area contributed by atoms with Crippen LogP contribution in [0.4, 0.5) is 5.82 Å². The number of fused-ring (bicyclic) bond motifs is 1.